The normalized spacial score (nSPS) is 19.1. The van der Waals surface area contributed by atoms with Gasteiger partial charge in [-0.2, -0.15) is 5.10 Å². The van der Waals surface area contributed by atoms with Crippen LogP contribution in [-0.2, 0) is 11.3 Å². The smallest absolute Gasteiger partial charge is 0.270 e. The van der Waals surface area contributed by atoms with Crippen molar-refractivity contribution in [1.82, 2.24) is 14.8 Å². The molecule has 0 aliphatic carbocycles. The molecule has 1 saturated heterocycles. The van der Waals surface area contributed by atoms with E-state index in [9.17, 15) is 4.79 Å². The Bertz CT molecular complexity index is 1060. The maximum atomic E-state index is 13.4. The van der Waals surface area contributed by atoms with Crippen molar-refractivity contribution in [2.24, 2.45) is 5.10 Å². The maximum Gasteiger partial charge on any atom is 0.270 e. The first-order valence-corrected chi connectivity index (χ1v) is 11.2. The quantitative estimate of drug-likeness (QED) is 0.625. The first kappa shape index (κ1) is 20.4. The van der Waals surface area contributed by atoms with E-state index in [1.807, 2.05) is 70.7 Å². The molecule has 0 N–H and O–H groups in total. The van der Waals surface area contributed by atoms with E-state index >= 15 is 0 Å². The van der Waals surface area contributed by atoms with Crippen LogP contribution in [0, 0.1) is 0 Å². The second-order valence-corrected chi connectivity index (χ2v) is 8.29. The van der Waals surface area contributed by atoms with Crippen LogP contribution in [0.5, 0.6) is 0 Å². The van der Waals surface area contributed by atoms with E-state index in [4.69, 9.17) is 5.10 Å². The van der Waals surface area contributed by atoms with Gasteiger partial charge in [0, 0.05) is 51.5 Å². The van der Waals surface area contributed by atoms with Crippen molar-refractivity contribution in [3.8, 4) is 0 Å². The summed E-state index contributed by atoms with van der Waals surface area (Å²) < 4.78 is 0. The van der Waals surface area contributed by atoms with Gasteiger partial charge in [0.15, 0.2) is 0 Å². The van der Waals surface area contributed by atoms with Crippen LogP contribution in [0.15, 0.2) is 90.3 Å². The summed E-state index contributed by atoms with van der Waals surface area (Å²) in [5.74, 6) is 0.0605. The minimum absolute atomic E-state index is 0.0319. The highest BCUT2D eigenvalue weighted by Gasteiger charge is 2.35. The van der Waals surface area contributed by atoms with Gasteiger partial charge in [0.05, 0.1) is 11.7 Å². The summed E-state index contributed by atoms with van der Waals surface area (Å²) in [6.45, 7) is 4.03. The van der Waals surface area contributed by atoms with Crippen molar-refractivity contribution in [2.45, 2.75) is 19.0 Å². The third-order valence-electron chi connectivity index (χ3n) is 6.15. The SMILES string of the molecule is O=C(C1=NN(c2ccccc2)[C@@H](c2ccccc2)C1)N1CCN(Cc2cccnc2)CC1. The van der Waals surface area contributed by atoms with E-state index in [-0.39, 0.29) is 11.9 Å². The zero-order chi connectivity index (χ0) is 21.8. The lowest BCUT2D eigenvalue weighted by Crippen LogP contribution is -2.50. The Balaban J connectivity index is 1.28. The molecular weight excluding hydrogens is 398 g/mol. The van der Waals surface area contributed by atoms with Crippen LogP contribution >= 0.6 is 0 Å². The average Bonchev–Trinajstić information content (AvgIpc) is 3.31. The van der Waals surface area contributed by atoms with E-state index in [0.29, 0.717) is 12.1 Å². The monoisotopic (exact) mass is 425 g/mol. The zero-order valence-corrected chi connectivity index (χ0v) is 18.0. The van der Waals surface area contributed by atoms with Gasteiger partial charge in [-0.3, -0.25) is 19.7 Å². The summed E-state index contributed by atoms with van der Waals surface area (Å²) in [5.41, 5.74) is 4.02. The Morgan fingerprint density at radius 2 is 1.59 bits per heavy atom. The molecule has 0 saturated carbocycles. The number of benzene rings is 2. The second-order valence-electron chi connectivity index (χ2n) is 8.29. The van der Waals surface area contributed by atoms with Crippen molar-refractivity contribution in [3.05, 3.63) is 96.3 Å². The number of anilines is 1. The highest BCUT2D eigenvalue weighted by Crippen LogP contribution is 2.35. The second kappa shape index (κ2) is 9.32. The van der Waals surface area contributed by atoms with Crippen LogP contribution in [0.1, 0.15) is 23.6 Å². The minimum atomic E-state index is 0.0319. The molecule has 1 amide bonds. The number of carbonyl (C=O) groups excluding carboxylic acids is 1. The highest BCUT2D eigenvalue weighted by atomic mass is 16.2. The number of para-hydroxylation sites is 1. The summed E-state index contributed by atoms with van der Waals surface area (Å²) >= 11 is 0. The van der Waals surface area contributed by atoms with Gasteiger partial charge in [0.1, 0.15) is 5.71 Å². The molecule has 32 heavy (non-hydrogen) atoms. The largest absolute Gasteiger partial charge is 0.335 e. The lowest BCUT2D eigenvalue weighted by Gasteiger charge is -2.34. The summed E-state index contributed by atoms with van der Waals surface area (Å²) in [6, 6.07) is 24.5. The van der Waals surface area contributed by atoms with Gasteiger partial charge < -0.3 is 4.90 Å². The Morgan fingerprint density at radius 3 is 2.28 bits per heavy atom. The van der Waals surface area contributed by atoms with E-state index in [2.05, 4.69) is 28.1 Å². The molecule has 6 heteroatoms. The van der Waals surface area contributed by atoms with Gasteiger partial charge in [-0.15, -0.1) is 0 Å². The summed E-state index contributed by atoms with van der Waals surface area (Å²) in [7, 11) is 0. The molecule has 1 fully saturated rings. The first-order chi connectivity index (χ1) is 15.8. The summed E-state index contributed by atoms with van der Waals surface area (Å²) in [4.78, 5) is 21.9. The molecule has 0 unspecified atom stereocenters. The number of aromatic nitrogens is 1. The third kappa shape index (κ3) is 4.41. The first-order valence-electron chi connectivity index (χ1n) is 11.2. The van der Waals surface area contributed by atoms with E-state index in [0.717, 1.165) is 38.4 Å². The number of pyridine rings is 1. The number of nitrogens with zero attached hydrogens (tertiary/aromatic N) is 5. The number of carbonyl (C=O) groups is 1. The molecule has 3 aromatic rings. The Morgan fingerprint density at radius 1 is 0.875 bits per heavy atom. The van der Waals surface area contributed by atoms with Gasteiger partial charge in [0.2, 0.25) is 0 Å². The molecule has 2 aliphatic rings. The molecule has 162 valence electrons. The number of piperazine rings is 1. The van der Waals surface area contributed by atoms with Crippen molar-refractivity contribution in [1.29, 1.82) is 0 Å². The zero-order valence-electron chi connectivity index (χ0n) is 18.0. The molecule has 1 aromatic heterocycles. The van der Waals surface area contributed by atoms with Crippen LogP contribution in [0.4, 0.5) is 5.69 Å². The van der Waals surface area contributed by atoms with E-state index in [1.165, 1.54) is 11.1 Å². The fourth-order valence-corrected chi connectivity index (χ4v) is 4.43. The van der Waals surface area contributed by atoms with Crippen molar-refractivity contribution >= 4 is 17.3 Å². The summed E-state index contributed by atoms with van der Waals surface area (Å²) in [6.07, 6.45) is 4.32. The van der Waals surface area contributed by atoms with Crippen molar-refractivity contribution < 1.29 is 4.79 Å². The van der Waals surface area contributed by atoms with Gasteiger partial charge in [-0.25, -0.2) is 0 Å². The number of hydrazone groups is 1. The molecule has 0 radical (unpaired) electrons. The van der Waals surface area contributed by atoms with Crippen LogP contribution in [-0.4, -0.2) is 52.6 Å². The standard InChI is InChI=1S/C26H27N5O/c32-26(30-16-14-29(15-17-30)20-21-8-7-13-27-19-21)24-18-25(22-9-3-1-4-10-22)31(28-24)23-11-5-2-6-12-23/h1-13,19,25H,14-18,20H2/t25-/m1/s1. The van der Waals surface area contributed by atoms with Gasteiger partial charge in [-0.05, 0) is 29.3 Å². The Labute approximate surface area is 188 Å². The fraction of sp³-hybridized carbons (Fsp3) is 0.269. The van der Waals surface area contributed by atoms with Crippen LogP contribution in [0.25, 0.3) is 0 Å². The van der Waals surface area contributed by atoms with Crippen LogP contribution in [0.3, 0.4) is 0 Å². The number of hydrogen-bond donors (Lipinski definition) is 0. The van der Waals surface area contributed by atoms with Crippen molar-refractivity contribution in [2.75, 3.05) is 31.2 Å². The molecule has 1 atom stereocenters. The predicted octanol–water partition coefficient (Wildman–Crippen LogP) is 3.73. The maximum absolute atomic E-state index is 13.4. The molecule has 2 aromatic carbocycles. The van der Waals surface area contributed by atoms with Crippen molar-refractivity contribution in [3.63, 3.8) is 0 Å². The lowest BCUT2D eigenvalue weighted by molar-refractivity contribution is -0.125. The minimum Gasteiger partial charge on any atom is -0.335 e. The molecule has 3 heterocycles. The van der Waals surface area contributed by atoms with Gasteiger partial charge in [-0.1, -0.05) is 54.6 Å². The molecule has 6 nitrogen and oxygen atoms in total. The van der Waals surface area contributed by atoms with E-state index in [1.54, 1.807) is 6.20 Å². The molecule has 2 aliphatic heterocycles. The molecule has 0 bridgehead atoms. The van der Waals surface area contributed by atoms with Crippen LogP contribution < -0.4 is 5.01 Å². The van der Waals surface area contributed by atoms with Gasteiger partial charge in [0.25, 0.3) is 5.91 Å². The Hall–Kier alpha value is -3.51. The summed E-state index contributed by atoms with van der Waals surface area (Å²) in [5, 5.41) is 6.82. The topological polar surface area (TPSA) is 52.0 Å². The Kier molecular flexibility index (Phi) is 5.94. The molecular formula is C26H27N5O. The fourth-order valence-electron chi connectivity index (χ4n) is 4.43. The lowest BCUT2D eigenvalue weighted by atomic mass is 10.0. The molecule has 0 spiro atoms. The highest BCUT2D eigenvalue weighted by molar-refractivity contribution is 6.39. The van der Waals surface area contributed by atoms with Gasteiger partial charge >= 0.3 is 0 Å². The third-order valence-corrected chi connectivity index (χ3v) is 6.15. The molecule has 5 rings (SSSR count). The predicted molar refractivity (Wildman–Crippen MR) is 126 cm³/mol. The number of rotatable bonds is 5. The van der Waals surface area contributed by atoms with E-state index < -0.39 is 0 Å². The van der Waals surface area contributed by atoms with Crippen LogP contribution in [0.2, 0.25) is 0 Å². The number of hydrogen-bond acceptors (Lipinski definition) is 5. The average molecular weight is 426 g/mol. The number of amides is 1.